The lowest BCUT2D eigenvalue weighted by Crippen LogP contribution is -2.31. The third kappa shape index (κ3) is 5.02. The molecule has 0 fully saturated rings. The third-order valence-electron chi connectivity index (χ3n) is 5.42. The number of rotatable bonds is 9. The summed E-state index contributed by atoms with van der Waals surface area (Å²) in [7, 11) is 0. The number of aliphatic hydroxyl groups is 1. The van der Waals surface area contributed by atoms with E-state index in [1.807, 2.05) is 6.20 Å². The maximum Gasteiger partial charge on any atom is 0.0926 e. The topological polar surface area (TPSA) is 36.4 Å². The number of unbranched alkanes of at least 4 members (excludes halogenated alkanes) is 2. The van der Waals surface area contributed by atoms with Crippen molar-refractivity contribution in [2.45, 2.75) is 52.6 Å². The highest BCUT2D eigenvalue weighted by atomic mass is 35.5. The average molecular weight is 401 g/mol. The van der Waals surface area contributed by atoms with E-state index in [2.05, 4.69) is 62.1 Å². The molecular weight excluding hydrogens is 368 g/mol. The molecular formula is C24H33ClN2O. The van der Waals surface area contributed by atoms with Crippen LogP contribution in [0.15, 0.2) is 42.6 Å². The molecule has 4 heteroatoms. The zero-order chi connectivity index (χ0) is 19.2. The molecule has 2 aromatic carbocycles. The second kappa shape index (κ2) is 10.8. The van der Waals surface area contributed by atoms with Crippen LogP contribution in [-0.2, 0) is 0 Å². The number of pyridine rings is 1. The Hall–Kier alpha value is -1.68. The number of hydrogen-bond donors (Lipinski definition) is 1. The Morgan fingerprint density at radius 2 is 1.64 bits per heavy atom. The van der Waals surface area contributed by atoms with Gasteiger partial charge in [0.25, 0.3) is 0 Å². The van der Waals surface area contributed by atoms with Crippen LogP contribution < -0.4 is 0 Å². The first kappa shape index (κ1) is 22.6. The number of halogens is 1. The van der Waals surface area contributed by atoms with Crippen LogP contribution in [0.1, 0.15) is 56.8 Å². The van der Waals surface area contributed by atoms with Gasteiger partial charge in [0, 0.05) is 23.5 Å². The summed E-state index contributed by atoms with van der Waals surface area (Å²) in [6.07, 6.45) is 6.14. The van der Waals surface area contributed by atoms with Crippen molar-refractivity contribution in [3.63, 3.8) is 0 Å². The van der Waals surface area contributed by atoms with E-state index < -0.39 is 6.10 Å². The van der Waals surface area contributed by atoms with Crippen LogP contribution in [0, 0.1) is 6.92 Å². The van der Waals surface area contributed by atoms with Gasteiger partial charge in [-0.3, -0.25) is 4.98 Å². The second-order valence-corrected chi connectivity index (χ2v) is 7.56. The number of aromatic nitrogens is 1. The van der Waals surface area contributed by atoms with E-state index in [4.69, 9.17) is 4.98 Å². The van der Waals surface area contributed by atoms with Crippen molar-refractivity contribution in [2.24, 2.45) is 0 Å². The number of fused-ring (bicyclic) bond motifs is 3. The Morgan fingerprint density at radius 3 is 2.32 bits per heavy atom. The zero-order valence-corrected chi connectivity index (χ0v) is 18.1. The Morgan fingerprint density at radius 1 is 0.964 bits per heavy atom. The average Bonchev–Trinajstić information content (AvgIpc) is 2.69. The van der Waals surface area contributed by atoms with Gasteiger partial charge in [-0.05, 0) is 49.4 Å². The first-order valence-electron chi connectivity index (χ1n) is 10.3. The molecule has 0 amide bonds. The van der Waals surface area contributed by atoms with E-state index in [1.165, 1.54) is 31.1 Å². The molecule has 28 heavy (non-hydrogen) atoms. The lowest BCUT2D eigenvalue weighted by atomic mass is 9.96. The lowest BCUT2D eigenvalue weighted by molar-refractivity contribution is 0.111. The molecule has 0 bridgehead atoms. The van der Waals surface area contributed by atoms with Gasteiger partial charge in [0.2, 0.25) is 0 Å². The molecule has 3 rings (SSSR count). The predicted octanol–water partition coefficient (Wildman–Crippen LogP) is 6.05. The summed E-state index contributed by atoms with van der Waals surface area (Å²) in [6.45, 7) is 9.30. The van der Waals surface area contributed by atoms with Crippen molar-refractivity contribution < 1.29 is 5.11 Å². The summed E-state index contributed by atoms with van der Waals surface area (Å²) in [5, 5.41) is 14.6. The molecule has 1 N–H and O–H groups in total. The highest BCUT2D eigenvalue weighted by Gasteiger charge is 2.19. The first-order valence-corrected chi connectivity index (χ1v) is 10.3. The maximum atomic E-state index is 11.2. The molecule has 3 nitrogen and oxygen atoms in total. The highest BCUT2D eigenvalue weighted by molar-refractivity contribution is 6.06. The predicted molar refractivity (Wildman–Crippen MR) is 122 cm³/mol. The SMILES string of the molecule is CCCCN(CCCC)CC(O)c1c(C)cnc2c1ccc1ccccc12.Cl. The summed E-state index contributed by atoms with van der Waals surface area (Å²) >= 11 is 0. The maximum absolute atomic E-state index is 11.2. The van der Waals surface area contributed by atoms with Crippen LogP contribution in [0.4, 0.5) is 0 Å². The van der Waals surface area contributed by atoms with Gasteiger partial charge in [-0.25, -0.2) is 0 Å². The fourth-order valence-electron chi connectivity index (χ4n) is 3.89. The number of nitrogens with zero attached hydrogens (tertiary/aromatic N) is 2. The van der Waals surface area contributed by atoms with Crippen molar-refractivity contribution >= 4 is 34.1 Å². The first-order chi connectivity index (χ1) is 13.2. The van der Waals surface area contributed by atoms with E-state index in [9.17, 15) is 5.11 Å². The quantitative estimate of drug-likeness (QED) is 0.444. The van der Waals surface area contributed by atoms with Crippen LogP contribution in [0.2, 0.25) is 0 Å². The summed E-state index contributed by atoms with van der Waals surface area (Å²) in [5.41, 5.74) is 3.08. The van der Waals surface area contributed by atoms with E-state index >= 15 is 0 Å². The Kier molecular flexibility index (Phi) is 8.68. The van der Waals surface area contributed by atoms with E-state index in [0.717, 1.165) is 40.5 Å². The minimum atomic E-state index is -0.495. The summed E-state index contributed by atoms with van der Waals surface area (Å²) in [6, 6.07) is 12.6. The van der Waals surface area contributed by atoms with Gasteiger partial charge in [0.05, 0.1) is 11.6 Å². The number of aliphatic hydroxyl groups excluding tert-OH is 1. The minimum absolute atomic E-state index is 0. The van der Waals surface area contributed by atoms with Gasteiger partial charge in [0.1, 0.15) is 0 Å². The molecule has 0 aliphatic heterocycles. The molecule has 1 heterocycles. The van der Waals surface area contributed by atoms with E-state index in [-0.39, 0.29) is 12.4 Å². The molecule has 1 aromatic heterocycles. The smallest absolute Gasteiger partial charge is 0.0926 e. The summed E-state index contributed by atoms with van der Waals surface area (Å²) in [4.78, 5) is 7.13. The zero-order valence-electron chi connectivity index (χ0n) is 17.3. The molecule has 152 valence electrons. The third-order valence-corrected chi connectivity index (χ3v) is 5.42. The normalized spacial score (nSPS) is 12.5. The molecule has 0 saturated carbocycles. The lowest BCUT2D eigenvalue weighted by Gasteiger charge is -2.26. The molecule has 0 spiro atoms. The standard InChI is InChI=1S/C24H32N2O.ClH/c1-4-6-14-26(15-7-5-2)17-22(27)23-18(3)16-25-24-20-11-9-8-10-19(20)12-13-21(23)24;/h8-13,16,22,27H,4-7,14-15,17H2,1-3H3;1H. The Bertz CT molecular complexity index is 888. The Balaban J connectivity index is 0.00000280. The summed E-state index contributed by atoms with van der Waals surface area (Å²) < 4.78 is 0. The van der Waals surface area contributed by atoms with Crippen molar-refractivity contribution in [2.75, 3.05) is 19.6 Å². The number of hydrogen-bond acceptors (Lipinski definition) is 3. The van der Waals surface area contributed by atoms with Crippen molar-refractivity contribution in [3.8, 4) is 0 Å². The fraction of sp³-hybridized carbons (Fsp3) is 0.458. The number of aryl methyl sites for hydroxylation is 1. The minimum Gasteiger partial charge on any atom is -0.387 e. The van der Waals surface area contributed by atoms with Crippen LogP contribution in [-0.4, -0.2) is 34.6 Å². The van der Waals surface area contributed by atoms with Crippen molar-refractivity contribution in [3.05, 3.63) is 53.7 Å². The van der Waals surface area contributed by atoms with Gasteiger partial charge in [0.15, 0.2) is 0 Å². The van der Waals surface area contributed by atoms with Crippen LogP contribution >= 0.6 is 12.4 Å². The van der Waals surface area contributed by atoms with Crippen LogP contribution in [0.3, 0.4) is 0 Å². The second-order valence-electron chi connectivity index (χ2n) is 7.56. The number of benzene rings is 2. The van der Waals surface area contributed by atoms with Crippen molar-refractivity contribution in [1.82, 2.24) is 9.88 Å². The summed E-state index contributed by atoms with van der Waals surface area (Å²) in [5.74, 6) is 0. The molecule has 1 atom stereocenters. The Labute approximate surface area is 175 Å². The largest absolute Gasteiger partial charge is 0.387 e. The van der Waals surface area contributed by atoms with Gasteiger partial charge >= 0.3 is 0 Å². The van der Waals surface area contributed by atoms with Crippen LogP contribution in [0.25, 0.3) is 21.7 Å². The van der Waals surface area contributed by atoms with Crippen molar-refractivity contribution in [1.29, 1.82) is 0 Å². The molecule has 0 aliphatic rings. The fourth-order valence-corrected chi connectivity index (χ4v) is 3.89. The van der Waals surface area contributed by atoms with Gasteiger partial charge < -0.3 is 10.0 Å². The molecule has 0 saturated heterocycles. The monoisotopic (exact) mass is 400 g/mol. The van der Waals surface area contributed by atoms with Gasteiger partial charge in [-0.15, -0.1) is 12.4 Å². The van der Waals surface area contributed by atoms with E-state index in [0.29, 0.717) is 6.54 Å². The van der Waals surface area contributed by atoms with Gasteiger partial charge in [-0.1, -0.05) is 63.1 Å². The molecule has 1 unspecified atom stereocenters. The molecule has 3 aromatic rings. The van der Waals surface area contributed by atoms with Crippen LogP contribution in [0.5, 0.6) is 0 Å². The highest BCUT2D eigenvalue weighted by Crippen LogP contribution is 2.31. The van der Waals surface area contributed by atoms with Gasteiger partial charge in [-0.2, -0.15) is 0 Å². The molecule has 0 aliphatic carbocycles. The molecule has 0 radical (unpaired) electrons. The van der Waals surface area contributed by atoms with E-state index in [1.54, 1.807) is 0 Å².